The van der Waals surface area contributed by atoms with Gasteiger partial charge in [-0.15, -0.1) is 0 Å². The molecule has 1 N–H and O–H groups in total. The third-order valence-electron chi connectivity index (χ3n) is 1.30. The molecule has 2 rings (SSSR count). The van der Waals surface area contributed by atoms with Gasteiger partial charge in [-0.3, -0.25) is 5.32 Å². The smallest absolute Gasteiger partial charge is 0.269 e. The Balaban J connectivity index is 2.54. The summed E-state index contributed by atoms with van der Waals surface area (Å²) in [5, 5.41) is 5.35. The lowest BCUT2D eigenvalue weighted by atomic mass is 10.7. The molecule has 0 amide bonds. The molecule has 1 aromatic rings. The van der Waals surface area contributed by atoms with E-state index in [2.05, 4.69) is 20.7 Å². The molecule has 0 saturated heterocycles. The highest BCUT2D eigenvalue weighted by Gasteiger charge is 2.16. The molecule has 0 saturated carbocycles. The van der Waals surface area contributed by atoms with Gasteiger partial charge in [0.25, 0.3) is 5.82 Å². The Labute approximate surface area is 51.9 Å². The molecule has 42 valence electrons. The van der Waals surface area contributed by atoms with Gasteiger partial charge >= 0.3 is 0 Å². The Hall–Kier alpha value is -0.570. The first kappa shape index (κ1) is 4.32. The summed E-state index contributed by atoms with van der Waals surface area (Å²) in [4.78, 5) is 0. The largest absolute Gasteiger partial charge is 0.286 e. The van der Waals surface area contributed by atoms with Gasteiger partial charge in [-0.05, 0) is 0 Å². The zero-order valence-electron chi connectivity index (χ0n) is 4.42. The molecule has 8 heavy (non-hydrogen) atoms. The minimum absolute atomic E-state index is 1.10. The van der Waals surface area contributed by atoms with E-state index < -0.39 is 0 Å². The number of hydrogen-bond donors (Lipinski definition) is 1. The van der Waals surface area contributed by atoms with Gasteiger partial charge in [0.1, 0.15) is 13.1 Å². The number of nitrogens with zero attached hydrogens (tertiary/aromatic N) is 1. The highest BCUT2D eigenvalue weighted by Crippen LogP contribution is 2.06. The van der Waals surface area contributed by atoms with E-state index in [0.29, 0.717) is 0 Å². The number of aromatic nitrogens is 1. The molecule has 0 aromatic carbocycles. The van der Waals surface area contributed by atoms with E-state index in [0.717, 1.165) is 13.1 Å². The third kappa shape index (κ3) is 0.448. The maximum absolute atomic E-state index is 3.25. The van der Waals surface area contributed by atoms with E-state index in [1.807, 2.05) is 0 Å². The van der Waals surface area contributed by atoms with Crippen molar-refractivity contribution in [1.29, 1.82) is 0 Å². The summed E-state index contributed by atoms with van der Waals surface area (Å²) in [5.74, 6) is 1.27. The van der Waals surface area contributed by atoms with Gasteiger partial charge in [-0.2, -0.15) is 3.96 Å². The van der Waals surface area contributed by atoms with Crippen molar-refractivity contribution >= 4 is 17.4 Å². The van der Waals surface area contributed by atoms with Gasteiger partial charge in [-0.25, -0.2) is 0 Å². The van der Waals surface area contributed by atoms with Gasteiger partial charge in [0.2, 0.25) is 0 Å². The molecule has 0 atom stereocenters. The molecule has 1 aromatic heterocycles. The van der Waals surface area contributed by atoms with E-state index in [4.69, 9.17) is 0 Å². The van der Waals surface area contributed by atoms with Crippen LogP contribution in [0.1, 0.15) is 0 Å². The van der Waals surface area contributed by atoms with Crippen LogP contribution in [0.15, 0.2) is 11.4 Å². The summed E-state index contributed by atoms with van der Waals surface area (Å²) in [6.07, 6.45) is 0. The van der Waals surface area contributed by atoms with Gasteiger partial charge in [0, 0.05) is 23.0 Å². The number of fused-ring (bicyclic) bond motifs is 1. The normalized spacial score (nSPS) is 15.5. The Kier molecular flexibility index (Phi) is 0.784. The molecule has 2 nitrogen and oxygen atoms in total. The highest BCUT2D eigenvalue weighted by atomic mass is 32.1. The average Bonchev–Trinajstić information content (AvgIpc) is 2.15. The molecule has 1 aliphatic rings. The van der Waals surface area contributed by atoms with Crippen LogP contribution in [0.3, 0.4) is 0 Å². The SMILES string of the molecule is c1cc2[n+](s1)CCN2. The van der Waals surface area contributed by atoms with Crippen LogP contribution < -0.4 is 9.27 Å². The van der Waals surface area contributed by atoms with Crippen LogP contribution in [0.25, 0.3) is 0 Å². The van der Waals surface area contributed by atoms with E-state index in [1.165, 1.54) is 5.82 Å². The summed E-state index contributed by atoms with van der Waals surface area (Å²) in [7, 11) is 0. The molecule has 0 bridgehead atoms. The number of hydrogen-bond acceptors (Lipinski definition) is 2. The molecular formula is C5H7N2S+. The van der Waals surface area contributed by atoms with Crippen LogP contribution in [0.4, 0.5) is 5.82 Å². The second-order valence-corrected chi connectivity index (χ2v) is 2.75. The number of nitrogens with one attached hydrogen (secondary N) is 1. The second kappa shape index (κ2) is 1.45. The first-order valence-electron chi connectivity index (χ1n) is 2.68. The Morgan fingerprint density at radius 1 is 1.75 bits per heavy atom. The van der Waals surface area contributed by atoms with Crippen LogP contribution in [0, 0.1) is 0 Å². The molecule has 3 heteroatoms. The van der Waals surface area contributed by atoms with Crippen molar-refractivity contribution in [3.63, 3.8) is 0 Å². The lowest BCUT2D eigenvalue weighted by Gasteiger charge is -1.75. The average molecular weight is 127 g/mol. The quantitative estimate of drug-likeness (QED) is 0.501. The maximum Gasteiger partial charge on any atom is 0.286 e. The van der Waals surface area contributed by atoms with Crippen molar-refractivity contribution in [3.05, 3.63) is 11.4 Å². The van der Waals surface area contributed by atoms with E-state index in [-0.39, 0.29) is 0 Å². The second-order valence-electron chi connectivity index (χ2n) is 1.82. The van der Waals surface area contributed by atoms with Crippen molar-refractivity contribution in [2.45, 2.75) is 6.54 Å². The van der Waals surface area contributed by atoms with Gasteiger partial charge < -0.3 is 0 Å². The van der Waals surface area contributed by atoms with Crippen molar-refractivity contribution < 1.29 is 3.96 Å². The predicted molar refractivity (Wildman–Crippen MR) is 33.0 cm³/mol. The van der Waals surface area contributed by atoms with Crippen molar-refractivity contribution in [2.24, 2.45) is 0 Å². The summed E-state index contributed by atoms with van der Waals surface area (Å²) < 4.78 is 2.25. The number of anilines is 1. The standard InChI is InChI=1S/C5H6N2S/c1-4-8-7-3-2-6-5(1)7/h1,4H,2-3H2/p+1. The van der Waals surface area contributed by atoms with Crippen LogP contribution >= 0.6 is 11.5 Å². The van der Waals surface area contributed by atoms with Crippen molar-refractivity contribution in [1.82, 2.24) is 0 Å². The van der Waals surface area contributed by atoms with Crippen LogP contribution in [-0.2, 0) is 6.54 Å². The topological polar surface area (TPSA) is 15.9 Å². The monoisotopic (exact) mass is 127 g/mol. The third-order valence-corrected chi connectivity index (χ3v) is 2.20. The minimum atomic E-state index is 1.10. The Morgan fingerprint density at radius 3 is 3.62 bits per heavy atom. The first-order valence-corrected chi connectivity index (χ1v) is 3.52. The molecule has 2 heterocycles. The molecule has 0 fully saturated rings. The van der Waals surface area contributed by atoms with Gasteiger partial charge in [0.15, 0.2) is 0 Å². The fourth-order valence-corrected chi connectivity index (χ4v) is 1.69. The fourth-order valence-electron chi connectivity index (χ4n) is 0.914. The molecule has 0 spiro atoms. The van der Waals surface area contributed by atoms with Crippen LogP contribution in [0.2, 0.25) is 0 Å². The minimum Gasteiger partial charge on any atom is -0.269 e. The van der Waals surface area contributed by atoms with Gasteiger partial charge in [-0.1, -0.05) is 0 Å². The Bertz CT molecular complexity index is 176. The molecule has 1 aliphatic heterocycles. The van der Waals surface area contributed by atoms with Gasteiger partial charge in [0.05, 0.1) is 0 Å². The summed E-state index contributed by atoms with van der Waals surface area (Å²) in [6, 6.07) is 2.11. The highest BCUT2D eigenvalue weighted by molar-refractivity contribution is 6.99. The molecule has 0 radical (unpaired) electrons. The van der Waals surface area contributed by atoms with Crippen molar-refractivity contribution in [3.8, 4) is 0 Å². The predicted octanol–water partition coefficient (Wildman–Crippen LogP) is 0.461. The first-order chi connectivity index (χ1) is 3.97. The fraction of sp³-hybridized carbons (Fsp3) is 0.400. The lowest BCUT2D eigenvalue weighted by molar-refractivity contribution is -0.600. The summed E-state index contributed by atoms with van der Waals surface area (Å²) in [5.41, 5.74) is 0. The zero-order chi connectivity index (χ0) is 5.40. The number of rotatable bonds is 0. The van der Waals surface area contributed by atoms with E-state index in [9.17, 15) is 0 Å². The van der Waals surface area contributed by atoms with Crippen molar-refractivity contribution in [2.75, 3.05) is 11.9 Å². The van der Waals surface area contributed by atoms with E-state index >= 15 is 0 Å². The van der Waals surface area contributed by atoms with Crippen LogP contribution in [-0.4, -0.2) is 6.54 Å². The summed E-state index contributed by atoms with van der Waals surface area (Å²) in [6.45, 7) is 2.25. The van der Waals surface area contributed by atoms with E-state index in [1.54, 1.807) is 11.5 Å². The summed E-state index contributed by atoms with van der Waals surface area (Å²) >= 11 is 1.77. The lowest BCUT2D eigenvalue weighted by Crippen LogP contribution is -2.23. The molecular weight excluding hydrogens is 120 g/mol. The zero-order valence-corrected chi connectivity index (χ0v) is 5.24. The molecule has 0 unspecified atom stereocenters. The Morgan fingerprint density at radius 2 is 2.75 bits per heavy atom. The molecule has 0 aliphatic carbocycles. The van der Waals surface area contributed by atoms with Crippen LogP contribution in [0.5, 0.6) is 0 Å². The maximum atomic E-state index is 3.25.